The van der Waals surface area contributed by atoms with Crippen LogP contribution in [-0.4, -0.2) is 37.2 Å². The second-order valence-corrected chi connectivity index (χ2v) is 16.1. The molecule has 0 fully saturated rings. The zero-order valence-electron chi connectivity index (χ0n) is 38.9. The van der Waals surface area contributed by atoms with Gasteiger partial charge in [0, 0.05) is 19.3 Å². The van der Waals surface area contributed by atoms with Crippen molar-refractivity contribution in [2.24, 2.45) is 0 Å². The van der Waals surface area contributed by atoms with Crippen molar-refractivity contribution in [3.63, 3.8) is 0 Å². The van der Waals surface area contributed by atoms with Crippen LogP contribution < -0.4 is 0 Å². The molecule has 6 nitrogen and oxygen atoms in total. The Morgan fingerprint density at radius 3 is 1.23 bits per heavy atom. The number of esters is 3. The molecule has 0 amide bonds. The summed E-state index contributed by atoms with van der Waals surface area (Å²) < 4.78 is 16.7. The number of carbonyl (C=O) groups is 3. The lowest BCUT2D eigenvalue weighted by atomic mass is 10.0. The SMILES string of the molecule is CC/C=C/C=C/C=C/C=C/CCCCCC(=O)OCC(COC(=O)CCCCCCCCCCCCCCCCC)OC(=O)CCCCCC/C=C/C/C=C/C/C=C/CC. The van der Waals surface area contributed by atoms with E-state index < -0.39 is 6.10 Å². The van der Waals surface area contributed by atoms with Gasteiger partial charge in [-0.1, -0.05) is 215 Å². The van der Waals surface area contributed by atoms with Crippen molar-refractivity contribution in [1.82, 2.24) is 0 Å². The van der Waals surface area contributed by atoms with Crippen LogP contribution in [0.15, 0.2) is 85.1 Å². The first-order valence-corrected chi connectivity index (χ1v) is 24.6. The number of hydrogen-bond donors (Lipinski definition) is 0. The lowest BCUT2D eigenvalue weighted by Gasteiger charge is -2.18. The molecule has 6 heteroatoms. The van der Waals surface area contributed by atoms with Crippen LogP contribution in [0.5, 0.6) is 0 Å². The third-order valence-electron chi connectivity index (χ3n) is 10.2. The zero-order chi connectivity index (χ0) is 43.7. The number of hydrogen-bond acceptors (Lipinski definition) is 6. The Morgan fingerprint density at radius 2 is 0.733 bits per heavy atom. The molecular formula is C54H90O6. The second kappa shape index (κ2) is 48.3. The molecule has 0 saturated carbocycles. The highest BCUT2D eigenvalue weighted by atomic mass is 16.6. The van der Waals surface area contributed by atoms with Crippen molar-refractivity contribution in [2.75, 3.05) is 13.2 Å². The van der Waals surface area contributed by atoms with E-state index in [0.717, 1.165) is 103 Å². The van der Waals surface area contributed by atoms with E-state index in [9.17, 15) is 14.4 Å². The van der Waals surface area contributed by atoms with Crippen LogP contribution in [0.1, 0.15) is 220 Å². The van der Waals surface area contributed by atoms with Crippen LogP contribution >= 0.6 is 0 Å². The second-order valence-electron chi connectivity index (χ2n) is 16.1. The molecule has 1 atom stereocenters. The van der Waals surface area contributed by atoms with Gasteiger partial charge in [-0.3, -0.25) is 14.4 Å². The van der Waals surface area contributed by atoms with Crippen LogP contribution in [0.4, 0.5) is 0 Å². The molecule has 0 heterocycles. The minimum Gasteiger partial charge on any atom is -0.462 e. The first kappa shape index (κ1) is 56.6. The van der Waals surface area contributed by atoms with Crippen LogP contribution in [0.3, 0.4) is 0 Å². The van der Waals surface area contributed by atoms with Crippen molar-refractivity contribution in [1.29, 1.82) is 0 Å². The van der Waals surface area contributed by atoms with Gasteiger partial charge in [-0.15, -0.1) is 0 Å². The Hall–Kier alpha value is -3.41. The summed E-state index contributed by atoms with van der Waals surface area (Å²) in [5.74, 6) is -0.963. The van der Waals surface area contributed by atoms with E-state index >= 15 is 0 Å². The summed E-state index contributed by atoms with van der Waals surface area (Å²) in [6.45, 7) is 6.32. The van der Waals surface area contributed by atoms with Gasteiger partial charge in [0.1, 0.15) is 13.2 Å². The standard InChI is InChI=1S/C54H90O6/c1-4-7-10-13-16-19-22-25-27-30-32-35-38-41-44-47-53(56)59-50-51(49-58-52(55)46-43-40-37-34-31-28-24-21-18-15-12-9-6-3)60-54(57)48-45-42-39-36-33-29-26-23-20-17-14-11-8-5-2/h8-9,11-12,15,17-18,20-21,24,26,28-29,31,51H,4-7,10,13-14,16,19,22-23,25,27,30,32-50H2,1-3H3/b11-8+,12-9+,18-15+,20-17+,24-21+,29-26+,31-28+. The fourth-order valence-electron chi connectivity index (χ4n) is 6.58. The summed E-state index contributed by atoms with van der Waals surface area (Å²) in [7, 11) is 0. The van der Waals surface area contributed by atoms with Crippen molar-refractivity contribution in [3.05, 3.63) is 85.1 Å². The fraction of sp³-hybridized carbons (Fsp3) is 0.685. The number of carbonyl (C=O) groups excluding carboxylic acids is 3. The summed E-state index contributed by atoms with van der Waals surface area (Å²) in [6.07, 6.45) is 61.4. The average molecular weight is 835 g/mol. The predicted molar refractivity (Wildman–Crippen MR) is 256 cm³/mol. The summed E-state index contributed by atoms with van der Waals surface area (Å²) in [4.78, 5) is 37.9. The van der Waals surface area contributed by atoms with Crippen LogP contribution in [-0.2, 0) is 28.6 Å². The first-order valence-electron chi connectivity index (χ1n) is 24.6. The van der Waals surface area contributed by atoms with Gasteiger partial charge in [-0.2, -0.15) is 0 Å². The summed E-state index contributed by atoms with van der Waals surface area (Å²) in [5.41, 5.74) is 0. The van der Waals surface area contributed by atoms with Gasteiger partial charge in [0.15, 0.2) is 6.10 Å². The number of allylic oxidation sites excluding steroid dienone is 14. The zero-order valence-corrected chi connectivity index (χ0v) is 38.9. The van der Waals surface area contributed by atoms with Crippen molar-refractivity contribution >= 4 is 17.9 Å². The van der Waals surface area contributed by atoms with Crippen molar-refractivity contribution in [2.45, 2.75) is 226 Å². The Balaban J connectivity index is 4.47. The number of unbranched alkanes of at least 4 members (excludes halogenated alkanes) is 21. The maximum atomic E-state index is 12.8. The van der Waals surface area contributed by atoms with Gasteiger partial charge in [-0.25, -0.2) is 0 Å². The summed E-state index contributed by atoms with van der Waals surface area (Å²) in [6, 6.07) is 0. The van der Waals surface area contributed by atoms with Crippen molar-refractivity contribution in [3.8, 4) is 0 Å². The number of rotatable bonds is 43. The molecule has 0 aliphatic heterocycles. The smallest absolute Gasteiger partial charge is 0.306 e. The van der Waals surface area contributed by atoms with E-state index in [4.69, 9.17) is 14.2 Å². The molecule has 0 aromatic heterocycles. The van der Waals surface area contributed by atoms with E-state index in [1.54, 1.807) is 0 Å². The monoisotopic (exact) mass is 835 g/mol. The summed E-state index contributed by atoms with van der Waals surface area (Å²) in [5, 5.41) is 0. The largest absolute Gasteiger partial charge is 0.462 e. The first-order chi connectivity index (χ1) is 29.5. The average Bonchev–Trinajstić information content (AvgIpc) is 3.24. The Labute approximate surface area is 369 Å². The Morgan fingerprint density at radius 1 is 0.367 bits per heavy atom. The maximum absolute atomic E-state index is 12.8. The molecular weight excluding hydrogens is 745 g/mol. The Kier molecular flexibility index (Phi) is 45.5. The third kappa shape index (κ3) is 45.7. The topological polar surface area (TPSA) is 78.9 Å². The molecule has 0 saturated heterocycles. The molecule has 0 radical (unpaired) electrons. The molecule has 0 rings (SSSR count). The van der Waals surface area contributed by atoms with Gasteiger partial charge >= 0.3 is 17.9 Å². The van der Waals surface area contributed by atoms with Gasteiger partial charge in [0.25, 0.3) is 0 Å². The van der Waals surface area contributed by atoms with E-state index in [-0.39, 0.29) is 31.1 Å². The third-order valence-corrected chi connectivity index (χ3v) is 10.2. The Bertz CT molecular complexity index is 1190. The highest BCUT2D eigenvalue weighted by Gasteiger charge is 2.19. The molecule has 342 valence electrons. The van der Waals surface area contributed by atoms with Crippen LogP contribution in [0.25, 0.3) is 0 Å². The van der Waals surface area contributed by atoms with Gasteiger partial charge in [0.05, 0.1) is 0 Å². The molecule has 0 aromatic rings. The predicted octanol–water partition coefficient (Wildman–Crippen LogP) is 16.0. The number of ether oxygens (including phenoxy) is 3. The van der Waals surface area contributed by atoms with E-state index in [0.29, 0.717) is 19.3 Å². The normalized spacial score (nSPS) is 12.8. The molecule has 60 heavy (non-hydrogen) atoms. The maximum Gasteiger partial charge on any atom is 0.306 e. The quantitative estimate of drug-likeness (QED) is 0.0200. The van der Waals surface area contributed by atoms with Gasteiger partial charge < -0.3 is 14.2 Å². The van der Waals surface area contributed by atoms with E-state index in [1.807, 2.05) is 36.5 Å². The molecule has 0 aliphatic carbocycles. The van der Waals surface area contributed by atoms with Crippen LogP contribution in [0, 0.1) is 0 Å². The van der Waals surface area contributed by atoms with Crippen LogP contribution in [0.2, 0.25) is 0 Å². The van der Waals surface area contributed by atoms with E-state index in [1.165, 1.54) is 77.0 Å². The molecule has 0 bridgehead atoms. The highest BCUT2D eigenvalue weighted by Crippen LogP contribution is 2.15. The van der Waals surface area contributed by atoms with Gasteiger partial charge in [0.2, 0.25) is 0 Å². The molecule has 0 aromatic carbocycles. The van der Waals surface area contributed by atoms with Gasteiger partial charge in [-0.05, 0) is 70.6 Å². The summed E-state index contributed by atoms with van der Waals surface area (Å²) >= 11 is 0. The molecule has 0 aliphatic rings. The fourth-order valence-corrected chi connectivity index (χ4v) is 6.58. The molecule has 1 unspecified atom stereocenters. The molecule has 0 N–H and O–H groups in total. The minimum absolute atomic E-state index is 0.0976. The lowest BCUT2D eigenvalue weighted by molar-refractivity contribution is -0.167. The van der Waals surface area contributed by atoms with Crippen molar-refractivity contribution < 1.29 is 28.6 Å². The molecule has 0 spiro atoms. The highest BCUT2D eigenvalue weighted by molar-refractivity contribution is 5.71. The lowest BCUT2D eigenvalue weighted by Crippen LogP contribution is -2.30. The van der Waals surface area contributed by atoms with E-state index in [2.05, 4.69) is 69.4 Å². The minimum atomic E-state index is -0.802.